The zero-order valence-corrected chi connectivity index (χ0v) is 16.0. The van der Waals surface area contributed by atoms with Gasteiger partial charge in [-0.3, -0.25) is 9.59 Å². The van der Waals surface area contributed by atoms with E-state index in [1.165, 1.54) is 12.1 Å². The van der Waals surface area contributed by atoms with Crippen LogP contribution in [-0.4, -0.2) is 53.1 Å². The van der Waals surface area contributed by atoms with Gasteiger partial charge in [-0.2, -0.15) is 5.10 Å². The predicted octanol–water partition coefficient (Wildman–Crippen LogP) is 2.20. The minimum absolute atomic E-state index is 0.0753. The quantitative estimate of drug-likeness (QED) is 0.680. The Morgan fingerprint density at radius 2 is 1.71 bits per heavy atom. The lowest BCUT2D eigenvalue weighted by atomic mass is 10.1. The third kappa shape index (κ3) is 4.80. The van der Waals surface area contributed by atoms with E-state index in [4.69, 9.17) is 0 Å². The number of rotatable bonds is 7. The first-order valence-corrected chi connectivity index (χ1v) is 9.07. The fraction of sp³-hybridized carbons (Fsp3) is 0.286. The molecule has 7 heteroatoms. The van der Waals surface area contributed by atoms with Crippen LogP contribution < -0.4 is 5.56 Å². The number of benzene rings is 2. The molecule has 0 unspecified atom stereocenters. The minimum atomic E-state index is -0.307. The third-order valence-electron chi connectivity index (χ3n) is 4.55. The van der Waals surface area contributed by atoms with Crippen molar-refractivity contribution in [1.29, 1.82) is 0 Å². The third-order valence-corrected chi connectivity index (χ3v) is 4.55. The number of nitrogens with one attached hydrogen (secondary N) is 1. The molecular weight excluding hydrogens is 359 g/mol. The lowest BCUT2D eigenvalue weighted by Crippen LogP contribution is -2.37. The largest absolute Gasteiger partial charge is 0.337 e. The van der Waals surface area contributed by atoms with Gasteiger partial charge in [0.15, 0.2) is 0 Å². The van der Waals surface area contributed by atoms with Gasteiger partial charge in [0, 0.05) is 25.0 Å². The second kappa shape index (κ2) is 8.75. The molecule has 3 aromatic rings. The van der Waals surface area contributed by atoms with Gasteiger partial charge < -0.3 is 9.80 Å². The molecule has 0 saturated heterocycles. The van der Waals surface area contributed by atoms with Crippen LogP contribution in [0.15, 0.2) is 53.3 Å². The van der Waals surface area contributed by atoms with Crippen LogP contribution in [0, 0.1) is 5.82 Å². The number of aromatic nitrogens is 2. The Kier molecular flexibility index (Phi) is 6.16. The number of fused-ring (bicyclic) bond motifs is 1. The summed E-state index contributed by atoms with van der Waals surface area (Å²) in [6.07, 6.45) is 0.0753. The number of carbonyl (C=O) groups is 1. The van der Waals surface area contributed by atoms with Gasteiger partial charge >= 0.3 is 0 Å². The number of halogens is 1. The minimum Gasteiger partial charge on any atom is -0.337 e. The Bertz CT molecular complexity index is 1010. The van der Waals surface area contributed by atoms with Crippen LogP contribution in [-0.2, 0) is 17.8 Å². The van der Waals surface area contributed by atoms with Gasteiger partial charge in [0.2, 0.25) is 5.91 Å². The number of carbonyl (C=O) groups excluding carboxylic acids is 1. The van der Waals surface area contributed by atoms with Crippen molar-refractivity contribution in [2.45, 2.75) is 13.0 Å². The highest BCUT2D eigenvalue weighted by Gasteiger charge is 2.18. The highest BCUT2D eigenvalue weighted by molar-refractivity contribution is 5.88. The summed E-state index contributed by atoms with van der Waals surface area (Å²) in [5, 5.41) is 7.75. The van der Waals surface area contributed by atoms with Gasteiger partial charge in [-0.15, -0.1) is 0 Å². The number of hydrogen-bond donors (Lipinski definition) is 1. The van der Waals surface area contributed by atoms with Crippen LogP contribution in [0.1, 0.15) is 11.3 Å². The van der Waals surface area contributed by atoms with Crippen LogP contribution in [0.2, 0.25) is 0 Å². The Morgan fingerprint density at radius 1 is 1.04 bits per heavy atom. The fourth-order valence-electron chi connectivity index (χ4n) is 2.98. The van der Waals surface area contributed by atoms with E-state index in [1.807, 2.05) is 25.1 Å². The molecular formula is C21H23FN4O2. The highest BCUT2D eigenvalue weighted by Crippen LogP contribution is 2.15. The van der Waals surface area contributed by atoms with E-state index in [0.29, 0.717) is 36.1 Å². The van der Waals surface area contributed by atoms with Crippen molar-refractivity contribution in [1.82, 2.24) is 20.0 Å². The average Bonchev–Trinajstić information content (AvgIpc) is 2.68. The number of aromatic amines is 1. The van der Waals surface area contributed by atoms with E-state index in [1.54, 1.807) is 35.2 Å². The van der Waals surface area contributed by atoms with Crippen molar-refractivity contribution < 1.29 is 9.18 Å². The maximum Gasteiger partial charge on any atom is 0.272 e. The van der Waals surface area contributed by atoms with Gasteiger partial charge in [0.25, 0.3) is 5.56 Å². The lowest BCUT2D eigenvalue weighted by molar-refractivity contribution is -0.131. The van der Waals surface area contributed by atoms with Crippen molar-refractivity contribution in [3.05, 3.63) is 76.0 Å². The molecule has 0 aliphatic heterocycles. The molecule has 0 aliphatic rings. The summed E-state index contributed by atoms with van der Waals surface area (Å²) < 4.78 is 13.2. The van der Waals surface area contributed by atoms with E-state index >= 15 is 0 Å². The van der Waals surface area contributed by atoms with Gasteiger partial charge in [-0.05, 0) is 37.9 Å². The van der Waals surface area contributed by atoms with Crippen molar-refractivity contribution in [2.75, 3.05) is 27.2 Å². The molecule has 0 spiro atoms. The zero-order chi connectivity index (χ0) is 20.1. The summed E-state index contributed by atoms with van der Waals surface area (Å²) in [6, 6.07) is 13.2. The van der Waals surface area contributed by atoms with Crippen molar-refractivity contribution >= 4 is 16.7 Å². The average molecular weight is 382 g/mol. The molecule has 3 rings (SSSR count). The van der Waals surface area contributed by atoms with Gasteiger partial charge in [-0.25, -0.2) is 9.49 Å². The monoisotopic (exact) mass is 382 g/mol. The molecule has 1 amide bonds. The highest BCUT2D eigenvalue weighted by atomic mass is 19.1. The Hall–Kier alpha value is -3.06. The van der Waals surface area contributed by atoms with Crippen molar-refractivity contribution in [3.63, 3.8) is 0 Å². The maximum absolute atomic E-state index is 13.2. The summed E-state index contributed by atoms with van der Waals surface area (Å²) in [5.41, 5.74) is 1.12. The van der Waals surface area contributed by atoms with E-state index in [2.05, 4.69) is 10.2 Å². The molecule has 0 aliphatic carbocycles. The second-order valence-electron chi connectivity index (χ2n) is 6.97. The first-order valence-electron chi connectivity index (χ1n) is 9.07. The first-order chi connectivity index (χ1) is 13.4. The Labute approximate surface area is 162 Å². The Balaban J connectivity index is 1.83. The van der Waals surface area contributed by atoms with E-state index in [-0.39, 0.29) is 23.7 Å². The molecule has 28 heavy (non-hydrogen) atoms. The standard InChI is InChI=1S/C21H23FN4O2/c1-25(2)11-12-26(14-15-7-9-16(22)10-8-15)20(27)13-19-17-5-3-4-6-18(17)21(28)24-23-19/h3-10H,11-14H2,1-2H3,(H,24,28). The molecule has 1 heterocycles. The van der Waals surface area contributed by atoms with Crippen LogP contribution in [0.3, 0.4) is 0 Å². The number of H-pyrrole nitrogens is 1. The van der Waals surface area contributed by atoms with Crippen LogP contribution in [0.25, 0.3) is 10.8 Å². The smallest absolute Gasteiger partial charge is 0.272 e. The lowest BCUT2D eigenvalue weighted by Gasteiger charge is -2.24. The summed E-state index contributed by atoms with van der Waals surface area (Å²) in [5.74, 6) is -0.408. The Morgan fingerprint density at radius 3 is 2.39 bits per heavy atom. The molecule has 0 atom stereocenters. The van der Waals surface area contributed by atoms with Gasteiger partial charge in [-0.1, -0.05) is 30.3 Å². The topological polar surface area (TPSA) is 69.3 Å². The van der Waals surface area contributed by atoms with Crippen molar-refractivity contribution in [2.24, 2.45) is 0 Å². The summed E-state index contributed by atoms with van der Waals surface area (Å²) >= 11 is 0. The van der Waals surface area contributed by atoms with Crippen LogP contribution >= 0.6 is 0 Å². The van der Waals surface area contributed by atoms with Crippen LogP contribution in [0.5, 0.6) is 0 Å². The molecule has 0 fully saturated rings. The zero-order valence-electron chi connectivity index (χ0n) is 16.0. The summed E-state index contributed by atoms with van der Waals surface area (Å²) in [4.78, 5) is 28.7. The SMILES string of the molecule is CN(C)CCN(Cc1ccc(F)cc1)C(=O)Cc1n[nH]c(=O)c2ccccc12. The van der Waals surface area contributed by atoms with E-state index < -0.39 is 0 Å². The van der Waals surface area contributed by atoms with Gasteiger partial charge in [0.1, 0.15) is 5.82 Å². The normalized spacial score (nSPS) is 11.1. The number of nitrogens with zero attached hydrogens (tertiary/aromatic N) is 3. The number of hydrogen-bond acceptors (Lipinski definition) is 4. The summed E-state index contributed by atoms with van der Waals surface area (Å²) in [7, 11) is 3.88. The predicted molar refractivity (Wildman–Crippen MR) is 106 cm³/mol. The molecule has 0 saturated carbocycles. The molecule has 0 radical (unpaired) electrons. The van der Waals surface area contributed by atoms with Crippen LogP contribution in [0.4, 0.5) is 4.39 Å². The fourth-order valence-corrected chi connectivity index (χ4v) is 2.98. The van der Waals surface area contributed by atoms with E-state index in [0.717, 1.165) is 5.56 Å². The number of amides is 1. The van der Waals surface area contributed by atoms with Gasteiger partial charge in [0.05, 0.1) is 17.5 Å². The molecule has 1 aromatic heterocycles. The molecule has 0 bridgehead atoms. The molecule has 1 N–H and O–H groups in total. The molecule has 6 nitrogen and oxygen atoms in total. The molecule has 2 aromatic carbocycles. The maximum atomic E-state index is 13.2. The van der Waals surface area contributed by atoms with Crippen molar-refractivity contribution in [3.8, 4) is 0 Å². The second-order valence-corrected chi connectivity index (χ2v) is 6.97. The van der Waals surface area contributed by atoms with E-state index in [9.17, 15) is 14.0 Å². The first kappa shape index (κ1) is 19.7. The number of likely N-dealkylation sites (N-methyl/N-ethyl adjacent to an activating group) is 1. The summed E-state index contributed by atoms with van der Waals surface area (Å²) in [6.45, 7) is 1.62. The molecule has 146 valence electrons.